The number of hydrogen-bond donors (Lipinski definition) is 1. The van der Waals surface area contributed by atoms with Gasteiger partial charge in [0, 0.05) is 23.4 Å². The average Bonchev–Trinajstić information content (AvgIpc) is 2.48. The average molecular weight is 350 g/mol. The summed E-state index contributed by atoms with van der Waals surface area (Å²) in [4.78, 5) is 8.29. The molecule has 0 unspecified atom stereocenters. The molecule has 1 heterocycles. The Bertz CT molecular complexity index is 561. The van der Waals surface area contributed by atoms with Gasteiger partial charge in [-0.15, -0.1) is 0 Å². The summed E-state index contributed by atoms with van der Waals surface area (Å²) in [6.07, 6.45) is 3.43. The standard InChI is InChI=1S/C16H20BrN3O/c1-12(2)9-18-10-13-8-14(4-5-15(13)17)21-11-16-19-6-3-7-20-16/h3-8,12,18H,9-11H2,1-2H3. The van der Waals surface area contributed by atoms with Crippen LogP contribution in [0.4, 0.5) is 0 Å². The molecule has 5 heteroatoms. The van der Waals surface area contributed by atoms with Crippen molar-refractivity contribution in [2.75, 3.05) is 6.54 Å². The number of nitrogens with one attached hydrogen (secondary N) is 1. The van der Waals surface area contributed by atoms with Crippen LogP contribution in [0.5, 0.6) is 5.75 Å². The maximum Gasteiger partial charge on any atom is 0.166 e. The van der Waals surface area contributed by atoms with Crippen molar-refractivity contribution in [3.8, 4) is 5.75 Å². The lowest BCUT2D eigenvalue weighted by Crippen LogP contribution is -2.19. The molecule has 4 nitrogen and oxygen atoms in total. The summed E-state index contributed by atoms with van der Waals surface area (Å²) < 4.78 is 6.83. The Morgan fingerprint density at radius 3 is 2.71 bits per heavy atom. The molecule has 0 radical (unpaired) electrons. The first kappa shape index (κ1) is 15.9. The number of aromatic nitrogens is 2. The van der Waals surface area contributed by atoms with E-state index in [4.69, 9.17) is 4.74 Å². The molecule has 0 saturated heterocycles. The van der Waals surface area contributed by atoms with Gasteiger partial charge >= 0.3 is 0 Å². The molecule has 0 aliphatic carbocycles. The Hall–Kier alpha value is -1.46. The summed E-state index contributed by atoms with van der Waals surface area (Å²) in [5.74, 6) is 2.14. The van der Waals surface area contributed by atoms with E-state index in [1.807, 2.05) is 18.2 Å². The van der Waals surface area contributed by atoms with Crippen molar-refractivity contribution in [2.24, 2.45) is 5.92 Å². The van der Waals surface area contributed by atoms with Gasteiger partial charge in [0.1, 0.15) is 12.4 Å². The van der Waals surface area contributed by atoms with Crippen LogP contribution in [-0.2, 0) is 13.2 Å². The first-order valence-corrected chi connectivity index (χ1v) is 7.82. The number of nitrogens with zero attached hydrogens (tertiary/aromatic N) is 2. The van der Waals surface area contributed by atoms with Gasteiger partial charge in [-0.05, 0) is 42.3 Å². The molecule has 0 fully saturated rings. The van der Waals surface area contributed by atoms with Crippen molar-refractivity contribution in [1.29, 1.82) is 0 Å². The van der Waals surface area contributed by atoms with Crippen LogP contribution < -0.4 is 10.1 Å². The third-order valence-electron chi connectivity index (χ3n) is 2.87. The molecule has 2 aromatic rings. The summed E-state index contributed by atoms with van der Waals surface area (Å²) in [7, 11) is 0. The van der Waals surface area contributed by atoms with Crippen molar-refractivity contribution in [1.82, 2.24) is 15.3 Å². The Kier molecular flexibility index (Phi) is 6.14. The Balaban J connectivity index is 1.94. The van der Waals surface area contributed by atoms with E-state index in [0.717, 1.165) is 23.3 Å². The predicted molar refractivity (Wildman–Crippen MR) is 87.1 cm³/mol. The van der Waals surface area contributed by atoms with Gasteiger partial charge in [0.25, 0.3) is 0 Å². The third kappa shape index (κ3) is 5.44. The van der Waals surface area contributed by atoms with E-state index in [9.17, 15) is 0 Å². The minimum absolute atomic E-state index is 0.376. The minimum Gasteiger partial charge on any atom is -0.486 e. The Labute approximate surface area is 134 Å². The molecular formula is C16H20BrN3O. The third-order valence-corrected chi connectivity index (χ3v) is 3.65. The van der Waals surface area contributed by atoms with E-state index in [1.165, 1.54) is 5.56 Å². The number of halogens is 1. The lowest BCUT2D eigenvalue weighted by Gasteiger charge is -2.11. The minimum atomic E-state index is 0.376. The fourth-order valence-corrected chi connectivity index (χ4v) is 2.21. The van der Waals surface area contributed by atoms with Gasteiger partial charge in [0.2, 0.25) is 0 Å². The quantitative estimate of drug-likeness (QED) is 0.829. The first-order chi connectivity index (χ1) is 10.1. The first-order valence-electron chi connectivity index (χ1n) is 7.03. The van der Waals surface area contributed by atoms with Gasteiger partial charge in [-0.3, -0.25) is 0 Å². The number of hydrogen-bond acceptors (Lipinski definition) is 4. The molecule has 0 amide bonds. The van der Waals surface area contributed by atoms with Crippen molar-refractivity contribution in [3.05, 3.63) is 52.5 Å². The summed E-state index contributed by atoms with van der Waals surface area (Å²) in [6.45, 7) is 6.58. The molecule has 0 aliphatic rings. The van der Waals surface area contributed by atoms with Gasteiger partial charge in [-0.25, -0.2) is 9.97 Å². The monoisotopic (exact) mass is 349 g/mol. The predicted octanol–water partition coefficient (Wildman–Crippen LogP) is 3.56. The zero-order valence-corrected chi connectivity index (χ0v) is 13.9. The highest BCUT2D eigenvalue weighted by molar-refractivity contribution is 9.10. The molecule has 1 N–H and O–H groups in total. The molecule has 0 aliphatic heterocycles. The zero-order chi connectivity index (χ0) is 15.1. The maximum atomic E-state index is 5.74. The fraction of sp³-hybridized carbons (Fsp3) is 0.375. The van der Waals surface area contributed by atoms with Crippen molar-refractivity contribution >= 4 is 15.9 Å². The molecule has 2 rings (SSSR count). The van der Waals surface area contributed by atoms with Gasteiger partial charge in [-0.1, -0.05) is 29.8 Å². The van der Waals surface area contributed by atoms with Crippen LogP contribution in [0.1, 0.15) is 25.2 Å². The second kappa shape index (κ2) is 8.10. The highest BCUT2D eigenvalue weighted by Crippen LogP contribution is 2.23. The summed E-state index contributed by atoms with van der Waals surface area (Å²) in [5.41, 5.74) is 1.18. The van der Waals surface area contributed by atoms with Gasteiger partial charge in [0.15, 0.2) is 5.82 Å². The Morgan fingerprint density at radius 1 is 1.24 bits per heavy atom. The van der Waals surface area contributed by atoms with E-state index < -0.39 is 0 Å². The summed E-state index contributed by atoms with van der Waals surface area (Å²) in [5, 5.41) is 3.43. The lowest BCUT2D eigenvalue weighted by atomic mass is 10.2. The summed E-state index contributed by atoms with van der Waals surface area (Å²) in [6, 6.07) is 7.79. The topological polar surface area (TPSA) is 47.0 Å². The molecule has 0 saturated carbocycles. The van der Waals surface area contributed by atoms with Crippen LogP contribution >= 0.6 is 15.9 Å². The maximum absolute atomic E-state index is 5.74. The van der Waals surface area contributed by atoms with Gasteiger partial charge < -0.3 is 10.1 Å². The van der Waals surface area contributed by atoms with Gasteiger partial charge in [0.05, 0.1) is 0 Å². The molecule has 1 aromatic carbocycles. The SMILES string of the molecule is CC(C)CNCc1cc(OCc2ncccn2)ccc1Br. The molecular weight excluding hydrogens is 330 g/mol. The highest BCUT2D eigenvalue weighted by atomic mass is 79.9. The van der Waals surface area contributed by atoms with Gasteiger partial charge in [-0.2, -0.15) is 0 Å². The number of rotatable bonds is 7. The van der Waals surface area contributed by atoms with Crippen LogP contribution in [0.2, 0.25) is 0 Å². The van der Waals surface area contributed by atoms with Crippen LogP contribution in [-0.4, -0.2) is 16.5 Å². The molecule has 1 aromatic heterocycles. The molecule has 21 heavy (non-hydrogen) atoms. The number of ether oxygens (including phenoxy) is 1. The largest absolute Gasteiger partial charge is 0.486 e. The Morgan fingerprint density at radius 2 is 2.00 bits per heavy atom. The summed E-state index contributed by atoms with van der Waals surface area (Å²) >= 11 is 3.57. The van der Waals surface area contributed by atoms with Crippen molar-refractivity contribution < 1.29 is 4.74 Å². The molecule has 112 valence electrons. The van der Waals surface area contributed by atoms with Crippen LogP contribution in [0, 0.1) is 5.92 Å². The molecule has 0 spiro atoms. The van der Waals surface area contributed by atoms with Crippen molar-refractivity contribution in [2.45, 2.75) is 27.0 Å². The zero-order valence-electron chi connectivity index (χ0n) is 12.3. The van der Waals surface area contributed by atoms with Crippen LogP contribution in [0.3, 0.4) is 0 Å². The second-order valence-corrected chi connectivity index (χ2v) is 6.09. The number of benzene rings is 1. The molecule has 0 bridgehead atoms. The van der Waals surface area contributed by atoms with Crippen LogP contribution in [0.25, 0.3) is 0 Å². The second-order valence-electron chi connectivity index (χ2n) is 5.23. The van der Waals surface area contributed by atoms with E-state index in [-0.39, 0.29) is 0 Å². The van der Waals surface area contributed by atoms with E-state index >= 15 is 0 Å². The van der Waals surface area contributed by atoms with E-state index in [1.54, 1.807) is 18.5 Å². The van der Waals surface area contributed by atoms with Crippen molar-refractivity contribution in [3.63, 3.8) is 0 Å². The van der Waals surface area contributed by atoms with E-state index in [2.05, 4.69) is 45.1 Å². The normalized spacial score (nSPS) is 10.9. The van der Waals surface area contributed by atoms with E-state index in [0.29, 0.717) is 18.3 Å². The molecule has 0 atom stereocenters. The smallest absolute Gasteiger partial charge is 0.166 e. The highest BCUT2D eigenvalue weighted by Gasteiger charge is 2.04. The fourth-order valence-electron chi connectivity index (χ4n) is 1.82. The van der Waals surface area contributed by atoms with Crippen LogP contribution in [0.15, 0.2) is 41.1 Å². The lowest BCUT2D eigenvalue weighted by molar-refractivity contribution is 0.295.